The van der Waals surface area contributed by atoms with E-state index < -0.39 is 12.1 Å². The van der Waals surface area contributed by atoms with Gasteiger partial charge in [-0.3, -0.25) is 10.1 Å². The van der Waals surface area contributed by atoms with Gasteiger partial charge in [-0.2, -0.15) is 0 Å². The van der Waals surface area contributed by atoms with Gasteiger partial charge < -0.3 is 10.1 Å². The number of halogens is 1. The third-order valence-corrected chi connectivity index (χ3v) is 13.1. The molecule has 43 heavy (non-hydrogen) atoms. The molecule has 2 aliphatic heterocycles. The zero-order valence-corrected chi connectivity index (χ0v) is 27.0. The van der Waals surface area contributed by atoms with Crippen LogP contribution >= 0.6 is 11.8 Å². The standard InChI is InChI=1S/C35H55FN4O2S/c36-29-23-21-28(22-24-29)35(27-18-12-8-4-5-9-13-19-27)40-39-33(42-35)38-31(41)32-37-30-20-14-15-25-34(30,43-32)26-16-10-6-2-1-3-7-11-17-26/h21-24,26-27,30,32-33,37,39-40H,1-20,25H2,(H,38,41). The van der Waals surface area contributed by atoms with Crippen molar-refractivity contribution < 1.29 is 13.9 Å². The molecule has 3 aliphatic carbocycles. The molecular formula is C35H55FN4O2S. The molecule has 1 aromatic carbocycles. The average molecular weight is 615 g/mol. The molecule has 0 aromatic heterocycles. The summed E-state index contributed by atoms with van der Waals surface area (Å²) in [7, 11) is 0. The van der Waals surface area contributed by atoms with E-state index in [0.29, 0.717) is 12.0 Å². The molecule has 5 aliphatic rings. The van der Waals surface area contributed by atoms with E-state index in [2.05, 4.69) is 21.5 Å². The minimum atomic E-state index is -0.808. The molecule has 4 N–H and O–H groups in total. The molecule has 8 heteroatoms. The number of carbonyl (C=O) groups is 1. The first-order valence-corrected chi connectivity index (χ1v) is 18.7. The monoisotopic (exact) mass is 614 g/mol. The van der Waals surface area contributed by atoms with Crippen LogP contribution in [0.25, 0.3) is 0 Å². The predicted octanol–water partition coefficient (Wildman–Crippen LogP) is 7.74. The van der Waals surface area contributed by atoms with Gasteiger partial charge in [-0.05, 0) is 56.6 Å². The molecule has 1 amide bonds. The Morgan fingerprint density at radius 2 is 1.33 bits per heavy atom. The molecule has 6 nitrogen and oxygen atoms in total. The lowest BCUT2D eigenvalue weighted by Crippen LogP contribution is -2.52. The number of hydrazine groups is 1. The average Bonchev–Trinajstić information content (AvgIpc) is 3.66. The fourth-order valence-corrected chi connectivity index (χ4v) is 10.9. The lowest BCUT2D eigenvalue weighted by Gasteiger charge is -2.44. The summed E-state index contributed by atoms with van der Waals surface area (Å²) in [6.45, 7) is 0. The first-order valence-electron chi connectivity index (χ1n) is 17.8. The highest BCUT2D eigenvalue weighted by molar-refractivity contribution is 8.02. The Kier molecular flexibility index (Phi) is 11.0. The lowest BCUT2D eigenvalue weighted by molar-refractivity contribution is -0.136. The van der Waals surface area contributed by atoms with Crippen LogP contribution < -0.4 is 21.5 Å². The smallest absolute Gasteiger partial charge is 0.250 e. The van der Waals surface area contributed by atoms with Crippen LogP contribution in [0.1, 0.15) is 140 Å². The van der Waals surface area contributed by atoms with Gasteiger partial charge in [-0.25, -0.2) is 15.2 Å². The minimum Gasteiger partial charge on any atom is -0.317 e. The van der Waals surface area contributed by atoms with Crippen molar-refractivity contribution in [3.63, 3.8) is 0 Å². The van der Waals surface area contributed by atoms with E-state index in [1.807, 2.05) is 23.9 Å². The van der Waals surface area contributed by atoms with Crippen LogP contribution in [-0.4, -0.2) is 28.4 Å². The van der Waals surface area contributed by atoms with Crippen LogP contribution in [0, 0.1) is 17.7 Å². The molecular weight excluding hydrogens is 559 g/mol. The van der Waals surface area contributed by atoms with Gasteiger partial charge in [0, 0.05) is 22.3 Å². The summed E-state index contributed by atoms with van der Waals surface area (Å²) in [4.78, 5) is 13.9. The summed E-state index contributed by atoms with van der Waals surface area (Å²) < 4.78 is 20.9. The molecule has 2 heterocycles. The minimum absolute atomic E-state index is 0.00214. The highest BCUT2D eigenvalue weighted by atomic mass is 32.2. The van der Waals surface area contributed by atoms with Gasteiger partial charge in [0.1, 0.15) is 11.2 Å². The van der Waals surface area contributed by atoms with Crippen LogP contribution in [0.4, 0.5) is 4.39 Å². The highest BCUT2D eigenvalue weighted by Crippen LogP contribution is 2.54. The van der Waals surface area contributed by atoms with Crippen LogP contribution in [0.3, 0.4) is 0 Å². The quantitative estimate of drug-likeness (QED) is 0.272. The second-order valence-electron chi connectivity index (χ2n) is 14.1. The molecule has 0 bridgehead atoms. The molecule has 1 aromatic rings. The molecule has 2 saturated heterocycles. The summed E-state index contributed by atoms with van der Waals surface area (Å²) in [6, 6.07) is 7.11. The molecule has 5 atom stereocenters. The van der Waals surface area contributed by atoms with Crippen molar-refractivity contribution in [2.45, 2.75) is 163 Å². The number of nitrogens with one attached hydrogen (secondary N) is 4. The maximum absolute atomic E-state index is 14.0. The van der Waals surface area contributed by atoms with Crippen molar-refractivity contribution in [3.05, 3.63) is 35.6 Å². The van der Waals surface area contributed by atoms with Crippen LogP contribution in [-0.2, 0) is 15.3 Å². The van der Waals surface area contributed by atoms with E-state index in [1.165, 1.54) is 121 Å². The summed E-state index contributed by atoms with van der Waals surface area (Å²) in [6.07, 6.45) is 25.8. The van der Waals surface area contributed by atoms with Crippen molar-refractivity contribution in [2.75, 3.05) is 0 Å². The molecule has 6 rings (SSSR count). The molecule has 5 unspecified atom stereocenters. The van der Waals surface area contributed by atoms with Crippen molar-refractivity contribution in [1.82, 2.24) is 21.5 Å². The number of ether oxygens (including phenoxy) is 1. The number of rotatable bonds is 5. The fourth-order valence-electron chi connectivity index (χ4n) is 8.98. The Hall–Kier alpha value is -1.19. The Morgan fingerprint density at radius 1 is 0.767 bits per heavy atom. The molecule has 0 spiro atoms. The second kappa shape index (κ2) is 14.9. The third-order valence-electron chi connectivity index (χ3n) is 11.3. The van der Waals surface area contributed by atoms with E-state index in [0.717, 1.165) is 31.2 Å². The number of benzene rings is 1. The lowest BCUT2D eigenvalue weighted by atomic mass is 9.71. The van der Waals surface area contributed by atoms with E-state index in [9.17, 15) is 9.18 Å². The Labute approximate surface area is 263 Å². The first-order chi connectivity index (χ1) is 21.1. The number of hydrogen-bond donors (Lipinski definition) is 4. The maximum Gasteiger partial charge on any atom is 0.250 e. The largest absolute Gasteiger partial charge is 0.317 e. The topological polar surface area (TPSA) is 74.4 Å². The summed E-state index contributed by atoms with van der Waals surface area (Å²) in [5.74, 6) is 0.660. The van der Waals surface area contributed by atoms with Crippen molar-refractivity contribution in [2.24, 2.45) is 11.8 Å². The van der Waals surface area contributed by atoms with Gasteiger partial charge in [0.05, 0.1) is 0 Å². The van der Waals surface area contributed by atoms with Crippen molar-refractivity contribution in [1.29, 1.82) is 0 Å². The van der Waals surface area contributed by atoms with E-state index in [1.54, 1.807) is 0 Å². The van der Waals surface area contributed by atoms with Crippen LogP contribution in [0.2, 0.25) is 0 Å². The number of hydrogen-bond acceptors (Lipinski definition) is 6. The van der Waals surface area contributed by atoms with Crippen LogP contribution in [0.5, 0.6) is 0 Å². The zero-order valence-electron chi connectivity index (χ0n) is 26.1. The van der Waals surface area contributed by atoms with Gasteiger partial charge in [0.2, 0.25) is 6.35 Å². The predicted molar refractivity (Wildman–Crippen MR) is 172 cm³/mol. The van der Waals surface area contributed by atoms with Gasteiger partial charge in [0.25, 0.3) is 5.91 Å². The number of fused-ring (bicyclic) bond motifs is 1. The fraction of sp³-hybridized carbons (Fsp3) is 0.800. The number of amides is 1. The number of thioether (sulfide) groups is 1. The molecule has 5 fully saturated rings. The van der Waals surface area contributed by atoms with Gasteiger partial charge in [-0.15, -0.1) is 11.8 Å². The number of carbonyl (C=O) groups excluding carboxylic acids is 1. The van der Waals surface area contributed by atoms with E-state index in [-0.39, 0.29) is 27.8 Å². The molecule has 3 saturated carbocycles. The summed E-state index contributed by atoms with van der Waals surface area (Å²) in [5, 5.41) is 6.76. The van der Waals surface area contributed by atoms with E-state index in [4.69, 9.17) is 4.74 Å². The highest BCUT2D eigenvalue weighted by Gasteiger charge is 2.55. The van der Waals surface area contributed by atoms with Gasteiger partial charge >= 0.3 is 0 Å². The van der Waals surface area contributed by atoms with Crippen LogP contribution in [0.15, 0.2) is 24.3 Å². The van der Waals surface area contributed by atoms with Crippen molar-refractivity contribution >= 4 is 17.7 Å². The molecule has 0 radical (unpaired) electrons. The first kappa shape index (κ1) is 31.8. The maximum atomic E-state index is 14.0. The summed E-state index contributed by atoms with van der Waals surface area (Å²) >= 11 is 1.93. The Bertz CT molecular complexity index is 1030. The van der Waals surface area contributed by atoms with Crippen molar-refractivity contribution in [3.8, 4) is 0 Å². The molecule has 240 valence electrons. The third kappa shape index (κ3) is 7.29. The Balaban J connectivity index is 1.15. The van der Waals surface area contributed by atoms with E-state index >= 15 is 0 Å². The Morgan fingerprint density at radius 3 is 1.95 bits per heavy atom. The normalized spacial score (nSPS) is 35.8. The second-order valence-corrected chi connectivity index (χ2v) is 15.5. The van der Waals surface area contributed by atoms with Gasteiger partial charge in [0.15, 0.2) is 5.72 Å². The summed E-state index contributed by atoms with van der Waals surface area (Å²) in [5.41, 5.74) is 6.88. The van der Waals surface area contributed by atoms with Gasteiger partial charge in [-0.1, -0.05) is 108 Å². The zero-order chi connectivity index (χ0) is 29.5. The SMILES string of the molecule is O=C(NC1NNC(c2ccc(F)cc2)(C2CCCCCCCC2)O1)C1NC2CCCCC2(C2CCCCCCCCC2)S1.